The van der Waals surface area contributed by atoms with Crippen LogP contribution in [0.4, 0.5) is 0 Å². The van der Waals surface area contributed by atoms with Gasteiger partial charge in [0.15, 0.2) is 6.61 Å². The van der Waals surface area contributed by atoms with E-state index in [0.717, 1.165) is 17.1 Å². The SMILES string of the molecule is CN(C)S(=O)(=O)c1ccc(C(=O)OCC(=O)NCCCc2ccccc2)cc1. The number of hydrogen-bond donors (Lipinski definition) is 1. The number of sulfonamides is 1. The van der Waals surface area contributed by atoms with Gasteiger partial charge < -0.3 is 10.1 Å². The van der Waals surface area contributed by atoms with Gasteiger partial charge in [0.05, 0.1) is 10.5 Å². The van der Waals surface area contributed by atoms with Crippen LogP contribution in [0.25, 0.3) is 0 Å². The van der Waals surface area contributed by atoms with Gasteiger partial charge in [0, 0.05) is 20.6 Å². The minimum absolute atomic E-state index is 0.0743. The van der Waals surface area contributed by atoms with Gasteiger partial charge in [0.1, 0.15) is 0 Å². The fourth-order valence-electron chi connectivity index (χ4n) is 2.40. The molecule has 1 amide bonds. The predicted octanol–water partition coefficient (Wildman–Crippen LogP) is 1.84. The largest absolute Gasteiger partial charge is 0.452 e. The van der Waals surface area contributed by atoms with Gasteiger partial charge in [-0.1, -0.05) is 30.3 Å². The number of carbonyl (C=O) groups is 2. The molecule has 0 aromatic heterocycles. The minimum Gasteiger partial charge on any atom is -0.452 e. The molecular weight excluding hydrogens is 380 g/mol. The second-order valence-electron chi connectivity index (χ2n) is 6.33. The van der Waals surface area contributed by atoms with Gasteiger partial charge in [-0.2, -0.15) is 0 Å². The number of rotatable bonds is 9. The number of ether oxygens (including phenoxy) is 1. The zero-order valence-corrected chi connectivity index (χ0v) is 16.7. The molecule has 0 spiro atoms. The Morgan fingerprint density at radius 3 is 2.25 bits per heavy atom. The van der Waals surface area contributed by atoms with Crippen molar-refractivity contribution in [3.8, 4) is 0 Å². The van der Waals surface area contributed by atoms with E-state index in [-0.39, 0.29) is 23.0 Å². The monoisotopic (exact) mass is 404 g/mol. The molecular formula is C20H24N2O5S. The van der Waals surface area contributed by atoms with Gasteiger partial charge in [0.2, 0.25) is 10.0 Å². The van der Waals surface area contributed by atoms with Crippen LogP contribution in [-0.4, -0.2) is 51.8 Å². The van der Waals surface area contributed by atoms with Gasteiger partial charge in [-0.05, 0) is 42.7 Å². The maximum atomic E-state index is 12.0. The van der Waals surface area contributed by atoms with Gasteiger partial charge >= 0.3 is 5.97 Å². The highest BCUT2D eigenvalue weighted by atomic mass is 32.2. The summed E-state index contributed by atoms with van der Waals surface area (Å²) in [4.78, 5) is 23.8. The molecule has 7 nitrogen and oxygen atoms in total. The zero-order chi connectivity index (χ0) is 20.6. The number of esters is 1. The van der Waals surface area contributed by atoms with E-state index in [2.05, 4.69) is 5.32 Å². The first-order valence-corrected chi connectivity index (χ1v) is 10.2. The molecule has 150 valence electrons. The third-order valence-electron chi connectivity index (χ3n) is 4.01. The van der Waals surface area contributed by atoms with Crippen LogP contribution in [0, 0.1) is 0 Å². The number of nitrogens with zero attached hydrogens (tertiary/aromatic N) is 1. The predicted molar refractivity (Wildman–Crippen MR) is 105 cm³/mol. The lowest BCUT2D eigenvalue weighted by atomic mass is 10.1. The quantitative estimate of drug-likeness (QED) is 0.509. The number of nitrogens with one attached hydrogen (secondary N) is 1. The number of hydrogen-bond acceptors (Lipinski definition) is 5. The van der Waals surface area contributed by atoms with E-state index in [9.17, 15) is 18.0 Å². The second kappa shape index (κ2) is 10.0. The summed E-state index contributed by atoms with van der Waals surface area (Å²) in [6.07, 6.45) is 1.63. The first-order valence-electron chi connectivity index (χ1n) is 8.81. The Labute approximate surface area is 165 Å². The van der Waals surface area contributed by atoms with Crippen LogP contribution in [0.15, 0.2) is 59.5 Å². The summed E-state index contributed by atoms with van der Waals surface area (Å²) < 4.78 is 30.1. The Morgan fingerprint density at radius 2 is 1.64 bits per heavy atom. The van der Waals surface area contributed by atoms with Gasteiger partial charge in [-0.25, -0.2) is 17.5 Å². The summed E-state index contributed by atoms with van der Waals surface area (Å²) in [6, 6.07) is 15.3. The highest BCUT2D eigenvalue weighted by Crippen LogP contribution is 2.14. The van der Waals surface area contributed by atoms with Crippen molar-refractivity contribution in [2.45, 2.75) is 17.7 Å². The fraction of sp³-hybridized carbons (Fsp3) is 0.300. The van der Waals surface area contributed by atoms with E-state index >= 15 is 0 Å². The molecule has 2 aromatic carbocycles. The standard InChI is InChI=1S/C20H24N2O5S/c1-22(2)28(25,26)18-12-10-17(11-13-18)20(24)27-15-19(23)21-14-6-9-16-7-4-3-5-8-16/h3-5,7-8,10-13H,6,9,14-15H2,1-2H3,(H,21,23). The average Bonchev–Trinajstić information content (AvgIpc) is 2.70. The van der Waals surface area contributed by atoms with Gasteiger partial charge in [0.25, 0.3) is 5.91 Å². The number of benzene rings is 2. The maximum absolute atomic E-state index is 12.0. The average molecular weight is 404 g/mol. The smallest absolute Gasteiger partial charge is 0.338 e. The Hall–Kier alpha value is -2.71. The molecule has 0 fully saturated rings. The summed E-state index contributed by atoms with van der Waals surface area (Å²) in [5.41, 5.74) is 1.37. The molecule has 8 heteroatoms. The summed E-state index contributed by atoms with van der Waals surface area (Å²) in [6.45, 7) is 0.101. The van der Waals surface area contributed by atoms with Crippen molar-refractivity contribution in [1.29, 1.82) is 0 Å². The van der Waals surface area contributed by atoms with Crippen molar-refractivity contribution >= 4 is 21.9 Å². The van der Waals surface area contributed by atoms with Crippen molar-refractivity contribution in [2.75, 3.05) is 27.2 Å². The van der Waals surface area contributed by atoms with E-state index in [4.69, 9.17) is 4.74 Å². The van der Waals surface area contributed by atoms with Gasteiger partial charge in [-0.15, -0.1) is 0 Å². The van der Waals surface area contributed by atoms with Crippen LogP contribution in [0.5, 0.6) is 0 Å². The topological polar surface area (TPSA) is 92.8 Å². The Balaban J connectivity index is 1.74. The second-order valence-corrected chi connectivity index (χ2v) is 8.48. The molecule has 2 rings (SSSR count). The van der Waals surface area contributed by atoms with Crippen LogP contribution in [0.3, 0.4) is 0 Å². The molecule has 0 saturated carbocycles. The van der Waals surface area contributed by atoms with Gasteiger partial charge in [-0.3, -0.25) is 4.79 Å². The van der Waals surface area contributed by atoms with E-state index < -0.39 is 16.0 Å². The van der Waals surface area contributed by atoms with Crippen molar-refractivity contribution in [1.82, 2.24) is 9.62 Å². The fourth-order valence-corrected chi connectivity index (χ4v) is 3.31. The van der Waals surface area contributed by atoms with Crippen LogP contribution in [0.2, 0.25) is 0 Å². The molecule has 0 aliphatic carbocycles. The molecule has 0 aliphatic rings. The number of amides is 1. The third-order valence-corrected chi connectivity index (χ3v) is 5.84. The highest BCUT2D eigenvalue weighted by Gasteiger charge is 2.18. The van der Waals surface area contributed by atoms with Crippen LogP contribution in [0.1, 0.15) is 22.3 Å². The molecule has 0 saturated heterocycles. The summed E-state index contributed by atoms with van der Waals surface area (Å²) in [5, 5.41) is 2.70. The van der Waals surface area contributed by atoms with Crippen molar-refractivity contribution in [3.63, 3.8) is 0 Å². The summed E-state index contributed by atoms with van der Waals surface area (Å²) in [7, 11) is -0.708. The van der Waals surface area contributed by atoms with Crippen molar-refractivity contribution in [2.24, 2.45) is 0 Å². The first kappa shape index (κ1) is 21.6. The van der Waals surface area contributed by atoms with E-state index in [1.54, 1.807) is 0 Å². The minimum atomic E-state index is -3.56. The van der Waals surface area contributed by atoms with Crippen molar-refractivity contribution in [3.05, 3.63) is 65.7 Å². The van der Waals surface area contributed by atoms with Crippen molar-refractivity contribution < 1.29 is 22.7 Å². The van der Waals surface area contributed by atoms with E-state index in [0.29, 0.717) is 6.54 Å². The molecule has 0 bridgehead atoms. The Kier molecular flexibility index (Phi) is 7.71. The third kappa shape index (κ3) is 6.17. The molecule has 0 radical (unpaired) electrons. The maximum Gasteiger partial charge on any atom is 0.338 e. The molecule has 2 aromatic rings. The molecule has 0 atom stereocenters. The summed E-state index contributed by atoms with van der Waals surface area (Å²) in [5.74, 6) is -1.07. The van der Waals surface area contributed by atoms with Crippen LogP contribution < -0.4 is 5.32 Å². The first-order chi connectivity index (χ1) is 13.3. The Morgan fingerprint density at radius 1 is 1.00 bits per heavy atom. The van der Waals surface area contributed by atoms with E-state index in [1.165, 1.54) is 43.9 Å². The molecule has 1 N–H and O–H groups in total. The normalized spacial score (nSPS) is 11.2. The van der Waals surface area contributed by atoms with E-state index in [1.807, 2.05) is 30.3 Å². The summed E-state index contributed by atoms with van der Waals surface area (Å²) >= 11 is 0. The molecule has 0 unspecified atom stereocenters. The van der Waals surface area contributed by atoms with Crippen LogP contribution in [-0.2, 0) is 26.0 Å². The molecule has 0 aliphatic heterocycles. The molecule has 28 heavy (non-hydrogen) atoms. The van der Waals surface area contributed by atoms with Crippen LogP contribution >= 0.6 is 0 Å². The highest BCUT2D eigenvalue weighted by molar-refractivity contribution is 7.89. The zero-order valence-electron chi connectivity index (χ0n) is 15.9. The lowest BCUT2D eigenvalue weighted by molar-refractivity contribution is -0.124. The Bertz CT molecular complexity index is 894. The number of aryl methyl sites for hydroxylation is 1. The lowest BCUT2D eigenvalue weighted by Crippen LogP contribution is -2.29. The number of carbonyl (C=O) groups excluding carboxylic acids is 2. The lowest BCUT2D eigenvalue weighted by Gasteiger charge is -2.11. The molecule has 0 heterocycles.